The Balaban J connectivity index is 2.05. The first-order valence-electron chi connectivity index (χ1n) is 9.95. The minimum Gasteiger partial charge on any atom is -0.508 e. The lowest BCUT2D eigenvalue weighted by atomic mass is 9.95. The number of carbonyl (C=O) groups excluding carboxylic acids is 1. The van der Waals surface area contributed by atoms with Gasteiger partial charge in [-0.3, -0.25) is 9.36 Å². The summed E-state index contributed by atoms with van der Waals surface area (Å²) in [6.45, 7) is 1.30. The Labute approximate surface area is 199 Å². The van der Waals surface area contributed by atoms with Crippen LogP contribution in [0.25, 0.3) is 6.08 Å². The molecule has 1 aliphatic rings. The fourth-order valence-corrected chi connectivity index (χ4v) is 4.69. The number of fused-ring (bicyclic) bond motifs is 1. The van der Waals surface area contributed by atoms with Crippen molar-refractivity contribution in [2.24, 2.45) is 4.99 Å². The molecule has 2 aromatic carbocycles. The molecule has 0 bridgehead atoms. The van der Waals surface area contributed by atoms with Crippen molar-refractivity contribution in [3.05, 3.63) is 95.6 Å². The Morgan fingerprint density at radius 3 is 2.59 bits per heavy atom. The fourth-order valence-electron chi connectivity index (χ4n) is 3.57. The molecule has 1 aliphatic heterocycles. The van der Waals surface area contributed by atoms with Gasteiger partial charge in [0, 0.05) is 5.02 Å². The predicted molar refractivity (Wildman–Crippen MR) is 120 cm³/mol. The van der Waals surface area contributed by atoms with E-state index < -0.39 is 35.0 Å². The molecule has 1 N–H and O–H groups in total. The minimum absolute atomic E-state index is 0.0375. The SMILES string of the molecule is CCOC(=O)C1=C(C(F)(F)F)N=c2s/c(=C\c3cccc(O)c3)c(=O)n2[C@H]1c1ccc(Cl)cc1. The average molecular weight is 509 g/mol. The van der Waals surface area contributed by atoms with Gasteiger partial charge < -0.3 is 9.84 Å². The van der Waals surface area contributed by atoms with Gasteiger partial charge >= 0.3 is 12.1 Å². The summed E-state index contributed by atoms with van der Waals surface area (Å²) in [6, 6.07) is 10.4. The molecule has 0 aliphatic carbocycles. The topological polar surface area (TPSA) is 80.9 Å². The van der Waals surface area contributed by atoms with Gasteiger partial charge in [0.15, 0.2) is 10.5 Å². The summed E-state index contributed by atoms with van der Waals surface area (Å²) >= 11 is 6.69. The number of benzene rings is 2. The normalized spacial score (nSPS) is 16.3. The Morgan fingerprint density at radius 2 is 1.97 bits per heavy atom. The number of halogens is 4. The largest absolute Gasteiger partial charge is 0.508 e. The van der Waals surface area contributed by atoms with Crippen LogP contribution in [0, 0.1) is 0 Å². The number of phenols is 1. The monoisotopic (exact) mass is 508 g/mol. The van der Waals surface area contributed by atoms with Crippen molar-refractivity contribution in [3.8, 4) is 5.75 Å². The highest BCUT2D eigenvalue weighted by molar-refractivity contribution is 7.07. The van der Waals surface area contributed by atoms with Crippen LogP contribution in [0.5, 0.6) is 5.75 Å². The van der Waals surface area contributed by atoms with E-state index in [0.29, 0.717) is 10.6 Å². The maximum Gasteiger partial charge on any atom is 0.434 e. The van der Waals surface area contributed by atoms with E-state index in [1.807, 2.05) is 0 Å². The predicted octanol–water partition coefficient (Wildman–Crippen LogP) is 3.70. The number of thiazole rings is 1. The molecule has 2 heterocycles. The molecule has 0 saturated carbocycles. The number of allylic oxidation sites excluding steroid dienone is 1. The zero-order valence-corrected chi connectivity index (χ0v) is 19.0. The maximum atomic E-state index is 14.0. The van der Waals surface area contributed by atoms with Crippen molar-refractivity contribution in [2.45, 2.75) is 19.1 Å². The maximum absolute atomic E-state index is 14.0. The van der Waals surface area contributed by atoms with Gasteiger partial charge in [-0.15, -0.1) is 0 Å². The molecule has 4 rings (SSSR count). The number of rotatable bonds is 4. The third-order valence-corrected chi connectivity index (χ3v) is 6.18. The lowest BCUT2D eigenvalue weighted by Gasteiger charge is -2.26. The van der Waals surface area contributed by atoms with Gasteiger partial charge in [0.2, 0.25) is 0 Å². The zero-order chi connectivity index (χ0) is 24.6. The summed E-state index contributed by atoms with van der Waals surface area (Å²) in [4.78, 5) is 29.6. The third-order valence-electron chi connectivity index (χ3n) is 4.95. The number of nitrogens with zero attached hydrogens (tertiary/aromatic N) is 2. The number of hydrogen-bond donors (Lipinski definition) is 1. The molecular formula is C23H16ClF3N2O4S. The van der Waals surface area contributed by atoms with Crippen LogP contribution in [0.15, 0.2) is 69.6 Å². The Kier molecular flexibility index (Phi) is 6.37. The molecule has 0 fully saturated rings. The van der Waals surface area contributed by atoms with Crippen LogP contribution in [0.1, 0.15) is 24.1 Å². The summed E-state index contributed by atoms with van der Waals surface area (Å²) in [5.41, 5.74) is -2.15. The van der Waals surface area contributed by atoms with E-state index in [-0.39, 0.29) is 27.3 Å². The molecule has 0 radical (unpaired) electrons. The van der Waals surface area contributed by atoms with Gasteiger partial charge in [0.1, 0.15) is 5.75 Å². The second-order valence-electron chi connectivity index (χ2n) is 7.21. The van der Waals surface area contributed by atoms with Crippen molar-refractivity contribution in [1.82, 2.24) is 4.57 Å². The van der Waals surface area contributed by atoms with E-state index in [9.17, 15) is 27.9 Å². The van der Waals surface area contributed by atoms with Crippen LogP contribution >= 0.6 is 22.9 Å². The van der Waals surface area contributed by atoms with Crippen LogP contribution in [-0.4, -0.2) is 28.4 Å². The number of alkyl halides is 3. The summed E-state index contributed by atoms with van der Waals surface area (Å²) in [5, 5.41) is 10.0. The van der Waals surface area contributed by atoms with Crippen molar-refractivity contribution in [2.75, 3.05) is 6.61 Å². The Bertz CT molecular complexity index is 1470. The second-order valence-corrected chi connectivity index (χ2v) is 8.66. The van der Waals surface area contributed by atoms with Crippen LogP contribution in [0.3, 0.4) is 0 Å². The molecule has 3 aromatic rings. The quantitative estimate of drug-likeness (QED) is 0.545. The summed E-state index contributed by atoms with van der Waals surface area (Å²) < 4.78 is 48.2. The number of phenolic OH excluding ortho intramolecular Hbond substituents is 1. The summed E-state index contributed by atoms with van der Waals surface area (Å²) in [5.74, 6) is -1.26. The lowest BCUT2D eigenvalue weighted by Crippen LogP contribution is -2.41. The van der Waals surface area contributed by atoms with E-state index in [0.717, 1.165) is 15.9 Å². The third kappa shape index (κ3) is 4.51. The molecule has 0 spiro atoms. The number of aromatic hydroxyl groups is 1. The van der Waals surface area contributed by atoms with Gasteiger partial charge in [-0.25, -0.2) is 9.79 Å². The van der Waals surface area contributed by atoms with E-state index in [1.54, 1.807) is 12.1 Å². The number of esters is 1. The van der Waals surface area contributed by atoms with E-state index in [1.165, 1.54) is 49.4 Å². The van der Waals surface area contributed by atoms with Crippen molar-refractivity contribution in [3.63, 3.8) is 0 Å². The highest BCUT2D eigenvalue weighted by Gasteiger charge is 2.45. The van der Waals surface area contributed by atoms with Crippen molar-refractivity contribution >= 4 is 35.0 Å². The van der Waals surface area contributed by atoms with E-state index in [2.05, 4.69) is 4.99 Å². The smallest absolute Gasteiger partial charge is 0.434 e. The van der Waals surface area contributed by atoms with E-state index >= 15 is 0 Å². The lowest BCUT2D eigenvalue weighted by molar-refractivity contribution is -0.140. The number of ether oxygens (including phenoxy) is 1. The summed E-state index contributed by atoms with van der Waals surface area (Å²) in [7, 11) is 0. The van der Waals surface area contributed by atoms with E-state index in [4.69, 9.17) is 16.3 Å². The van der Waals surface area contributed by atoms with Crippen LogP contribution in [0.4, 0.5) is 13.2 Å². The van der Waals surface area contributed by atoms with Gasteiger partial charge in [-0.2, -0.15) is 13.2 Å². The standard InChI is InChI=1S/C23H16ClF3N2O4S/c1-2-33-21(32)17-18(13-6-8-14(24)9-7-13)29-20(31)16(11-12-4-3-5-15(30)10-12)34-22(29)28-19(17)23(25,26)27/h3-11,18,30H,2H2,1H3/b16-11-/t18-/m0/s1. The Hall–Kier alpha value is -3.37. The van der Waals surface area contributed by atoms with Gasteiger partial charge in [0.25, 0.3) is 5.56 Å². The van der Waals surface area contributed by atoms with Crippen LogP contribution in [-0.2, 0) is 9.53 Å². The molecule has 1 aromatic heterocycles. The average Bonchev–Trinajstić information content (AvgIpc) is 3.08. The molecule has 0 amide bonds. The molecular weight excluding hydrogens is 493 g/mol. The highest BCUT2D eigenvalue weighted by atomic mass is 35.5. The Morgan fingerprint density at radius 1 is 1.26 bits per heavy atom. The van der Waals surface area contributed by atoms with Crippen LogP contribution < -0.4 is 14.9 Å². The molecule has 0 unspecified atom stereocenters. The van der Waals surface area contributed by atoms with Gasteiger partial charge in [-0.1, -0.05) is 47.2 Å². The number of aromatic nitrogens is 1. The fraction of sp³-hybridized carbons (Fsp3) is 0.174. The van der Waals surface area contributed by atoms with Gasteiger partial charge in [-0.05, 0) is 48.4 Å². The molecule has 0 saturated heterocycles. The van der Waals surface area contributed by atoms with Crippen LogP contribution in [0.2, 0.25) is 5.02 Å². The number of carbonyl (C=O) groups is 1. The summed E-state index contributed by atoms with van der Waals surface area (Å²) in [6.07, 6.45) is -3.54. The first-order valence-corrected chi connectivity index (χ1v) is 11.1. The van der Waals surface area contributed by atoms with Gasteiger partial charge in [0.05, 0.1) is 22.8 Å². The second kappa shape index (κ2) is 9.11. The first kappa shape index (κ1) is 23.8. The zero-order valence-electron chi connectivity index (χ0n) is 17.5. The minimum atomic E-state index is -4.98. The van der Waals surface area contributed by atoms with Crippen molar-refractivity contribution in [1.29, 1.82) is 0 Å². The van der Waals surface area contributed by atoms with Crippen molar-refractivity contribution < 1.29 is 27.8 Å². The molecule has 6 nitrogen and oxygen atoms in total. The molecule has 1 atom stereocenters. The number of hydrogen-bond acceptors (Lipinski definition) is 6. The molecule has 176 valence electrons. The molecule has 11 heteroatoms. The first-order chi connectivity index (χ1) is 16.1. The highest BCUT2D eigenvalue weighted by Crippen LogP contribution is 2.38. The molecule has 34 heavy (non-hydrogen) atoms.